The molecule has 0 unspecified atom stereocenters. The molecule has 0 amide bonds. The Hall–Kier alpha value is 0.390. The molecular weight excluding hydrogens is 71.0 g/mol. The number of rotatable bonds is 0. The van der Waals surface area contributed by atoms with Crippen molar-refractivity contribution >= 4 is 8.15 Å². The molecule has 25 valence electrons. The highest BCUT2D eigenvalue weighted by Gasteiger charge is 1.73. The number of hydrogen-bond acceptors (Lipinski definition) is 0. The van der Waals surface area contributed by atoms with E-state index < -0.39 is 8.15 Å². The third-order valence-corrected chi connectivity index (χ3v) is 0. The molecule has 1 nitrogen and oxygen atoms in total. The van der Waals surface area contributed by atoms with Gasteiger partial charge in [-0.3, -0.25) is 0 Å². The van der Waals surface area contributed by atoms with E-state index >= 15 is 0 Å². The van der Waals surface area contributed by atoms with Crippen molar-refractivity contribution in [3.8, 4) is 0 Å². The van der Waals surface area contributed by atoms with E-state index in [-0.39, 0.29) is 0 Å². The third-order valence-electron chi connectivity index (χ3n) is 0. The first-order valence-electron chi connectivity index (χ1n) is 1.08. The molecule has 0 bridgehead atoms. The molecule has 0 aromatic heterocycles. The van der Waals surface area contributed by atoms with Crippen molar-refractivity contribution in [3.63, 3.8) is 0 Å². The SMILES string of the molecule is CP(C)[O]. The Labute approximate surface area is 27.5 Å². The van der Waals surface area contributed by atoms with Gasteiger partial charge in [0.05, 0.1) is 8.15 Å². The van der Waals surface area contributed by atoms with E-state index in [1.807, 2.05) is 0 Å². The summed E-state index contributed by atoms with van der Waals surface area (Å²) in [6, 6.07) is 0. The van der Waals surface area contributed by atoms with Gasteiger partial charge in [0.2, 0.25) is 0 Å². The lowest BCUT2D eigenvalue weighted by Gasteiger charge is -1.74. The van der Waals surface area contributed by atoms with Gasteiger partial charge >= 0.3 is 0 Å². The Morgan fingerprint density at radius 1 is 1.50 bits per heavy atom. The van der Waals surface area contributed by atoms with Gasteiger partial charge in [-0.05, 0) is 13.3 Å². The zero-order valence-electron chi connectivity index (χ0n) is 2.86. The first-order valence-corrected chi connectivity index (χ1v) is 3.23. The first-order chi connectivity index (χ1) is 1.73. The Morgan fingerprint density at radius 2 is 1.50 bits per heavy atom. The van der Waals surface area contributed by atoms with E-state index in [1.54, 1.807) is 13.3 Å². The lowest BCUT2D eigenvalue weighted by atomic mass is 11.9. The van der Waals surface area contributed by atoms with Crippen molar-refractivity contribution in [1.29, 1.82) is 0 Å². The summed E-state index contributed by atoms with van der Waals surface area (Å²) in [5.41, 5.74) is 0. The van der Waals surface area contributed by atoms with Crippen LogP contribution in [-0.2, 0) is 4.89 Å². The highest BCUT2D eigenvalue weighted by Crippen LogP contribution is 2.15. The van der Waals surface area contributed by atoms with Gasteiger partial charge < -0.3 is 0 Å². The topological polar surface area (TPSA) is 19.9 Å². The maximum Gasteiger partial charge on any atom is 0.0648 e. The molecule has 4 heavy (non-hydrogen) atoms. The maximum atomic E-state index is 9.59. The number of hydrogen-bond donors (Lipinski definition) is 0. The van der Waals surface area contributed by atoms with Crippen molar-refractivity contribution in [2.24, 2.45) is 0 Å². The van der Waals surface area contributed by atoms with E-state index in [0.29, 0.717) is 0 Å². The largest absolute Gasteiger partial charge is 0.213 e. The molecule has 0 saturated heterocycles. The van der Waals surface area contributed by atoms with Crippen molar-refractivity contribution in [2.45, 2.75) is 0 Å². The maximum absolute atomic E-state index is 9.59. The zero-order chi connectivity index (χ0) is 3.58. The standard InChI is InChI=1S/C2H6OP/c1-4(2)3/h1-2H3. The molecule has 0 aromatic carbocycles. The van der Waals surface area contributed by atoms with Gasteiger partial charge in [-0.25, -0.2) is 4.89 Å². The Kier molecular flexibility index (Phi) is 1.85. The molecule has 0 N–H and O–H groups in total. The molecule has 0 aliphatic heterocycles. The van der Waals surface area contributed by atoms with Crippen LogP contribution in [0.25, 0.3) is 0 Å². The van der Waals surface area contributed by atoms with Crippen molar-refractivity contribution < 1.29 is 4.89 Å². The average Bonchev–Trinajstić information content (AvgIpc) is 0.811. The van der Waals surface area contributed by atoms with Crippen LogP contribution in [-0.4, -0.2) is 13.3 Å². The second-order valence-corrected chi connectivity index (χ2v) is 2.44. The summed E-state index contributed by atoms with van der Waals surface area (Å²) in [6.45, 7) is 3.35. The van der Waals surface area contributed by atoms with E-state index in [0.717, 1.165) is 0 Å². The lowest BCUT2D eigenvalue weighted by molar-refractivity contribution is 0.506. The van der Waals surface area contributed by atoms with E-state index in [1.165, 1.54) is 0 Å². The molecule has 2 heteroatoms. The Bertz CT molecular complexity index is 10.8. The molecule has 1 radical (unpaired) electrons. The van der Waals surface area contributed by atoms with E-state index in [9.17, 15) is 4.89 Å². The summed E-state index contributed by atoms with van der Waals surface area (Å²) >= 11 is 0. The van der Waals surface area contributed by atoms with Crippen LogP contribution in [0.5, 0.6) is 0 Å². The van der Waals surface area contributed by atoms with Gasteiger partial charge in [-0.15, -0.1) is 0 Å². The molecule has 0 heterocycles. The summed E-state index contributed by atoms with van der Waals surface area (Å²) in [4.78, 5) is 9.59. The van der Waals surface area contributed by atoms with Crippen LogP contribution < -0.4 is 0 Å². The second-order valence-electron chi connectivity index (χ2n) is 0.812. The minimum absolute atomic E-state index is 0.870. The highest BCUT2D eigenvalue weighted by atomic mass is 31.1. The molecule has 0 aliphatic rings. The molecule has 0 fully saturated rings. The van der Waals surface area contributed by atoms with E-state index in [4.69, 9.17) is 0 Å². The van der Waals surface area contributed by atoms with Crippen molar-refractivity contribution in [2.75, 3.05) is 13.3 Å². The van der Waals surface area contributed by atoms with Crippen LogP contribution >= 0.6 is 8.15 Å². The summed E-state index contributed by atoms with van der Waals surface area (Å²) in [6.07, 6.45) is 0. The Morgan fingerprint density at radius 3 is 1.50 bits per heavy atom. The molecule has 0 saturated carbocycles. The van der Waals surface area contributed by atoms with Crippen molar-refractivity contribution in [1.82, 2.24) is 0 Å². The highest BCUT2D eigenvalue weighted by molar-refractivity contribution is 7.49. The summed E-state index contributed by atoms with van der Waals surface area (Å²) in [5.74, 6) is 0. The molecular formula is C2H6OP. The van der Waals surface area contributed by atoms with Gasteiger partial charge in [0, 0.05) is 0 Å². The van der Waals surface area contributed by atoms with Crippen molar-refractivity contribution in [3.05, 3.63) is 0 Å². The fraction of sp³-hybridized carbons (Fsp3) is 1.00. The zero-order valence-corrected chi connectivity index (χ0v) is 3.75. The fourth-order valence-electron chi connectivity index (χ4n) is 0. The van der Waals surface area contributed by atoms with Gasteiger partial charge in [0.25, 0.3) is 0 Å². The predicted octanol–water partition coefficient (Wildman–Crippen LogP) is 1.07. The summed E-state index contributed by atoms with van der Waals surface area (Å²) < 4.78 is 0. The molecule has 0 spiro atoms. The molecule has 0 atom stereocenters. The van der Waals surface area contributed by atoms with Gasteiger partial charge in [0.1, 0.15) is 0 Å². The summed E-state index contributed by atoms with van der Waals surface area (Å²) in [5, 5.41) is 0. The van der Waals surface area contributed by atoms with Crippen LogP contribution in [0, 0.1) is 0 Å². The average molecular weight is 77.0 g/mol. The second kappa shape index (κ2) is 1.68. The Balaban J connectivity index is 2.32. The predicted molar refractivity (Wildman–Crippen MR) is 19.5 cm³/mol. The summed E-state index contributed by atoms with van der Waals surface area (Å²) in [7, 11) is -0.870. The molecule has 0 aromatic rings. The minimum Gasteiger partial charge on any atom is -0.213 e. The van der Waals surface area contributed by atoms with Crippen LogP contribution in [0.2, 0.25) is 0 Å². The lowest BCUT2D eigenvalue weighted by Crippen LogP contribution is -1.46. The smallest absolute Gasteiger partial charge is 0.0648 e. The third kappa shape index (κ3) is 30.4. The van der Waals surface area contributed by atoms with Crippen LogP contribution in [0.1, 0.15) is 0 Å². The monoisotopic (exact) mass is 77.0 g/mol. The minimum atomic E-state index is -0.870. The van der Waals surface area contributed by atoms with Crippen LogP contribution in [0.3, 0.4) is 0 Å². The van der Waals surface area contributed by atoms with Crippen LogP contribution in [0.4, 0.5) is 0 Å². The molecule has 0 aliphatic carbocycles. The van der Waals surface area contributed by atoms with Gasteiger partial charge in [-0.2, -0.15) is 0 Å². The normalized spacial score (nSPS) is 9.00. The van der Waals surface area contributed by atoms with E-state index in [2.05, 4.69) is 0 Å². The first kappa shape index (κ1) is 4.39. The molecule has 0 rings (SSSR count). The quantitative estimate of drug-likeness (QED) is 0.385. The van der Waals surface area contributed by atoms with Crippen LogP contribution in [0.15, 0.2) is 0 Å². The fourth-order valence-corrected chi connectivity index (χ4v) is 0. The van der Waals surface area contributed by atoms with Gasteiger partial charge in [0.15, 0.2) is 0 Å². The van der Waals surface area contributed by atoms with Gasteiger partial charge in [-0.1, -0.05) is 0 Å².